The van der Waals surface area contributed by atoms with Crippen molar-refractivity contribution in [3.05, 3.63) is 81.6 Å². The quantitative estimate of drug-likeness (QED) is 0.570. The molecule has 0 aliphatic rings. The van der Waals surface area contributed by atoms with Crippen LogP contribution in [0.1, 0.15) is 0 Å². The Morgan fingerprint density at radius 1 is 1.11 bits per heavy atom. The molecule has 8 heteroatoms. The number of carbonyl (C=O) groups is 1. The van der Waals surface area contributed by atoms with Crippen LogP contribution in [0.25, 0.3) is 20.8 Å². The van der Waals surface area contributed by atoms with Gasteiger partial charge in [-0.15, -0.1) is 11.3 Å². The molecule has 4 rings (SSSR count). The molecule has 0 bridgehead atoms. The Kier molecular flexibility index (Phi) is 4.39. The second-order valence-electron chi connectivity index (χ2n) is 5.85. The van der Waals surface area contributed by atoms with Gasteiger partial charge in [0.2, 0.25) is 5.91 Å². The van der Waals surface area contributed by atoms with Gasteiger partial charge in [-0.2, -0.15) is 0 Å². The van der Waals surface area contributed by atoms with Crippen molar-refractivity contribution < 1.29 is 4.79 Å². The van der Waals surface area contributed by atoms with Gasteiger partial charge in [0, 0.05) is 23.5 Å². The maximum absolute atomic E-state index is 12.2. The molecule has 0 aliphatic carbocycles. The van der Waals surface area contributed by atoms with E-state index in [4.69, 9.17) is 0 Å². The van der Waals surface area contributed by atoms with E-state index in [1.165, 1.54) is 12.3 Å². The van der Waals surface area contributed by atoms with Gasteiger partial charge in [0.05, 0.1) is 10.2 Å². The van der Waals surface area contributed by atoms with Gasteiger partial charge in [0.25, 0.3) is 5.56 Å². The van der Waals surface area contributed by atoms with Crippen LogP contribution >= 0.6 is 11.3 Å². The largest absolute Gasteiger partial charge is 0.328 e. The van der Waals surface area contributed by atoms with Gasteiger partial charge in [0.1, 0.15) is 11.6 Å². The summed E-state index contributed by atoms with van der Waals surface area (Å²) in [6.07, 6.45) is 1.29. The zero-order chi connectivity index (χ0) is 18.8. The highest BCUT2D eigenvalue weighted by Crippen LogP contribution is 2.31. The number of aromatic amines is 1. The van der Waals surface area contributed by atoms with Crippen LogP contribution in [0.15, 0.2) is 70.4 Å². The highest BCUT2D eigenvalue weighted by atomic mass is 32.1. The normalized spacial score (nSPS) is 10.8. The van der Waals surface area contributed by atoms with Crippen LogP contribution in [0, 0.1) is 0 Å². The van der Waals surface area contributed by atoms with Crippen molar-refractivity contribution in [2.75, 3.05) is 5.32 Å². The van der Waals surface area contributed by atoms with Crippen LogP contribution in [0.3, 0.4) is 0 Å². The fourth-order valence-corrected chi connectivity index (χ4v) is 3.61. The van der Waals surface area contributed by atoms with E-state index in [-0.39, 0.29) is 12.5 Å². The summed E-state index contributed by atoms with van der Waals surface area (Å²) in [6.45, 7) is -0.193. The molecule has 0 unspecified atom stereocenters. The molecule has 2 aromatic carbocycles. The van der Waals surface area contributed by atoms with Crippen molar-refractivity contribution in [1.82, 2.24) is 14.5 Å². The molecular weight excluding hydrogens is 364 g/mol. The molecule has 0 saturated carbocycles. The Labute approximate surface area is 157 Å². The first-order chi connectivity index (χ1) is 13.1. The predicted molar refractivity (Wildman–Crippen MR) is 105 cm³/mol. The van der Waals surface area contributed by atoms with Crippen LogP contribution in [0.4, 0.5) is 5.69 Å². The van der Waals surface area contributed by atoms with Gasteiger partial charge < -0.3 is 5.32 Å². The maximum atomic E-state index is 12.2. The number of para-hydroxylation sites is 1. The third-order valence-electron chi connectivity index (χ3n) is 3.90. The molecule has 0 spiro atoms. The molecule has 0 radical (unpaired) electrons. The summed E-state index contributed by atoms with van der Waals surface area (Å²) in [7, 11) is 0. The molecule has 2 heterocycles. The van der Waals surface area contributed by atoms with Crippen LogP contribution in [0.2, 0.25) is 0 Å². The highest BCUT2D eigenvalue weighted by Gasteiger charge is 2.09. The molecule has 1 amide bonds. The number of hydrogen-bond acceptors (Lipinski definition) is 5. The Bertz CT molecular complexity index is 1220. The fourth-order valence-electron chi connectivity index (χ4n) is 2.65. The van der Waals surface area contributed by atoms with Crippen molar-refractivity contribution in [1.29, 1.82) is 0 Å². The molecule has 2 N–H and O–H groups in total. The lowest BCUT2D eigenvalue weighted by molar-refractivity contribution is -0.116. The van der Waals surface area contributed by atoms with Crippen LogP contribution in [-0.2, 0) is 11.3 Å². The number of nitrogens with zero attached hydrogens (tertiary/aromatic N) is 2. The van der Waals surface area contributed by atoms with Crippen LogP contribution in [-0.4, -0.2) is 20.4 Å². The SMILES string of the molecule is O=C(Cn1ccc(=O)[nH]c1=O)Nc1cccc(-c2nc3ccccc3s2)c1. The first-order valence-electron chi connectivity index (χ1n) is 8.14. The van der Waals surface area contributed by atoms with Gasteiger partial charge in [-0.05, 0) is 24.3 Å². The van der Waals surface area contributed by atoms with E-state index in [1.54, 1.807) is 17.4 Å². The lowest BCUT2D eigenvalue weighted by Crippen LogP contribution is -2.32. The number of thiazole rings is 1. The fraction of sp³-hybridized carbons (Fsp3) is 0.0526. The highest BCUT2D eigenvalue weighted by molar-refractivity contribution is 7.21. The summed E-state index contributed by atoms with van der Waals surface area (Å²) in [4.78, 5) is 41.7. The summed E-state index contributed by atoms with van der Waals surface area (Å²) in [6, 6.07) is 16.5. The van der Waals surface area contributed by atoms with Crippen molar-refractivity contribution in [3.8, 4) is 10.6 Å². The zero-order valence-corrected chi connectivity index (χ0v) is 14.8. The van der Waals surface area contributed by atoms with E-state index >= 15 is 0 Å². The van der Waals surface area contributed by atoms with Crippen LogP contribution in [0.5, 0.6) is 0 Å². The molecular formula is C19H14N4O3S. The minimum absolute atomic E-state index is 0.193. The Morgan fingerprint density at radius 2 is 1.96 bits per heavy atom. The predicted octanol–water partition coefficient (Wildman–Crippen LogP) is 2.45. The average Bonchev–Trinajstić information content (AvgIpc) is 3.08. The molecule has 27 heavy (non-hydrogen) atoms. The molecule has 4 aromatic rings. The number of hydrogen-bond donors (Lipinski definition) is 2. The van der Waals surface area contributed by atoms with Gasteiger partial charge in [-0.1, -0.05) is 24.3 Å². The lowest BCUT2D eigenvalue weighted by Gasteiger charge is -2.07. The number of nitrogens with one attached hydrogen (secondary N) is 2. The van der Waals surface area contributed by atoms with E-state index < -0.39 is 11.2 Å². The lowest BCUT2D eigenvalue weighted by atomic mass is 10.2. The molecule has 0 aliphatic heterocycles. The maximum Gasteiger partial charge on any atom is 0.328 e. The van der Waals surface area contributed by atoms with E-state index in [0.717, 1.165) is 25.4 Å². The first-order valence-corrected chi connectivity index (χ1v) is 8.96. The summed E-state index contributed by atoms with van der Waals surface area (Å²) < 4.78 is 2.23. The summed E-state index contributed by atoms with van der Waals surface area (Å²) in [5.74, 6) is -0.370. The van der Waals surface area contributed by atoms with Crippen LogP contribution < -0.4 is 16.6 Å². The molecule has 0 atom stereocenters. The average molecular weight is 378 g/mol. The first kappa shape index (κ1) is 16.9. The van der Waals surface area contributed by atoms with Gasteiger partial charge in [-0.25, -0.2) is 9.78 Å². The van der Waals surface area contributed by atoms with Gasteiger partial charge in [0.15, 0.2) is 0 Å². The summed E-state index contributed by atoms with van der Waals surface area (Å²) in [5.41, 5.74) is 1.31. The molecule has 134 valence electrons. The number of amides is 1. The molecule has 0 fully saturated rings. The van der Waals surface area contributed by atoms with Crippen molar-refractivity contribution >= 4 is 33.1 Å². The number of aromatic nitrogens is 3. The Balaban J connectivity index is 1.54. The molecule has 2 aromatic heterocycles. The van der Waals surface area contributed by atoms with Crippen molar-refractivity contribution in [2.24, 2.45) is 0 Å². The standard InChI is InChI=1S/C19H14N4O3S/c24-16-8-9-23(19(26)22-16)11-17(25)20-13-5-3-4-12(10-13)18-21-14-6-1-2-7-15(14)27-18/h1-10H,11H2,(H,20,25)(H,22,24,26). The van der Waals surface area contributed by atoms with E-state index in [1.807, 2.05) is 42.5 Å². The summed E-state index contributed by atoms with van der Waals surface area (Å²) >= 11 is 1.58. The van der Waals surface area contributed by atoms with Gasteiger partial charge >= 0.3 is 5.69 Å². The van der Waals surface area contributed by atoms with E-state index in [0.29, 0.717) is 5.69 Å². The summed E-state index contributed by atoms with van der Waals surface area (Å²) in [5, 5.41) is 3.63. The van der Waals surface area contributed by atoms with E-state index in [9.17, 15) is 14.4 Å². The number of carbonyl (C=O) groups excluding carboxylic acids is 1. The number of rotatable bonds is 4. The molecule has 7 nitrogen and oxygen atoms in total. The topological polar surface area (TPSA) is 96.9 Å². The Hall–Kier alpha value is -3.52. The van der Waals surface area contributed by atoms with Crippen molar-refractivity contribution in [2.45, 2.75) is 6.54 Å². The third kappa shape index (κ3) is 3.70. The number of anilines is 1. The number of benzene rings is 2. The van der Waals surface area contributed by atoms with Crippen molar-refractivity contribution in [3.63, 3.8) is 0 Å². The third-order valence-corrected chi connectivity index (χ3v) is 4.98. The number of H-pyrrole nitrogens is 1. The minimum atomic E-state index is -0.624. The second-order valence-corrected chi connectivity index (χ2v) is 6.88. The minimum Gasteiger partial charge on any atom is -0.325 e. The Morgan fingerprint density at radius 3 is 2.78 bits per heavy atom. The smallest absolute Gasteiger partial charge is 0.325 e. The monoisotopic (exact) mass is 378 g/mol. The van der Waals surface area contributed by atoms with E-state index in [2.05, 4.69) is 15.3 Å². The molecule has 0 saturated heterocycles. The zero-order valence-electron chi connectivity index (χ0n) is 14.0. The second kappa shape index (κ2) is 7.00. The number of fused-ring (bicyclic) bond motifs is 1. The van der Waals surface area contributed by atoms with Gasteiger partial charge in [-0.3, -0.25) is 19.1 Å².